The fourth-order valence-corrected chi connectivity index (χ4v) is 3.39. The number of nitro benzene ring substituents is 1. The van der Waals surface area contributed by atoms with Gasteiger partial charge in [-0.1, -0.05) is 0 Å². The molecule has 1 atom stereocenters. The van der Waals surface area contributed by atoms with Crippen molar-refractivity contribution < 1.29 is 18.4 Å². The second kappa shape index (κ2) is 5.86. The number of aryl methyl sites for hydroxylation is 1. The van der Waals surface area contributed by atoms with Gasteiger partial charge in [-0.05, 0) is 31.9 Å². The van der Waals surface area contributed by atoms with Crippen molar-refractivity contribution in [3.63, 3.8) is 0 Å². The number of nitrogens with zero attached hydrogens (tertiary/aromatic N) is 2. The van der Waals surface area contributed by atoms with E-state index in [1.807, 2.05) is 0 Å². The third-order valence-corrected chi connectivity index (χ3v) is 4.97. The molecular formula is C12H18N2O5S. The zero-order chi connectivity index (χ0) is 15.7. The van der Waals surface area contributed by atoms with Gasteiger partial charge in [-0.3, -0.25) is 10.1 Å². The van der Waals surface area contributed by atoms with Crippen LogP contribution in [0.4, 0.5) is 5.69 Å². The fraction of sp³-hybridized carbons (Fsp3) is 0.500. The Labute approximate surface area is 118 Å². The first kappa shape index (κ1) is 16.5. The summed E-state index contributed by atoms with van der Waals surface area (Å²) in [6, 6.07) is 2.39. The summed E-state index contributed by atoms with van der Waals surface area (Å²) >= 11 is 0. The third-order valence-electron chi connectivity index (χ3n) is 3.02. The average Bonchev–Trinajstić information content (AvgIpc) is 2.30. The standard InChI is InChI=1S/C12H18N2O5S/c1-8-5-11(14(16)17)6-12(10(8)3)20(18,19)13(4)7-9(2)15/h5-6,9,15H,7H2,1-4H3. The number of hydrogen-bond acceptors (Lipinski definition) is 5. The smallest absolute Gasteiger partial charge is 0.271 e. The van der Waals surface area contributed by atoms with E-state index < -0.39 is 21.1 Å². The number of benzene rings is 1. The summed E-state index contributed by atoms with van der Waals surface area (Å²) in [5.41, 5.74) is 0.730. The maximum Gasteiger partial charge on any atom is 0.271 e. The quantitative estimate of drug-likeness (QED) is 0.651. The van der Waals surface area contributed by atoms with Crippen molar-refractivity contribution >= 4 is 15.7 Å². The summed E-state index contributed by atoms with van der Waals surface area (Å²) in [6.07, 6.45) is -0.824. The Morgan fingerprint density at radius 1 is 1.40 bits per heavy atom. The molecule has 0 saturated carbocycles. The van der Waals surface area contributed by atoms with Gasteiger partial charge >= 0.3 is 0 Å². The Morgan fingerprint density at radius 2 is 1.95 bits per heavy atom. The highest BCUT2D eigenvalue weighted by Gasteiger charge is 2.27. The van der Waals surface area contributed by atoms with Crippen LogP contribution in [0, 0.1) is 24.0 Å². The summed E-state index contributed by atoms with van der Waals surface area (Å²) in [4.78, 5) is 10.1. The molecule has 0 bridgehead atoms. The highest BCUT2D eigenvalue weighted by Crippen LogP contribution is 2.27. The van der Waals surface area contributed by atoms with E-state index in [0.29, 0.717) is 11.1 Å². The first-order chi connectivity index (χ1) is 9.07. The van der Waals surface area contributed by atoms with Crippen LogP contribution >= 0.6 is 0 Å². The van der Waals surface area contributed by atoms with Crippen molar-refractivity contribution in [2.75, 3.05) is 13.6 Å². The lowest BCUT2D eigenvalue weighted by Crippen LogP contribution is -2.33. The van der Waals surface area contributed by atoms with Crippen molar-refractivity contribution in [3.05, 3.63) is 33.4 Å². The van der Waals surface area contributed by atoms with Crippen LogP contribution in [0.25, 0.3) is 0 Å². The zero-order valence-corrected chi connectivity index (χ0v) is 12.6. The van der Waals surface area contributed by atoms with E-state index in [9.17, 15) is 23.6 Å². The Bertz CT molecular complexity index is 625. The highest BCUT2D eigenvalue weighted by molar-refractivity contribution is 7.89. The molecule has 1 N–H and O–H groups in total. The minimum atomic E-state index is -3.87. The molecule has 0 amide bonds. The minimum absolute atomic E-state index is 0.0798. The van der Waals surface area contributed by atoms with Crippen LogP contribution in [0.2, 0.25) is 0 Å². The molecule has 1 rings (SSSR count). The molecule has 0 radical (unpaired) electrons. The molecule has 0 aliphatic rings. The third kappa shape index (κ3) is 3.33. The van der Waals surface area contributed by atoms with Gasteiger partial charge in [0.05, 0.1) is 15.9 Å². The Balaban J connectivity index is 3.41. The molecule has 20 heavy (non-hydrogen) atoms. The van der Waals surface area contributed by atoms with Crippen LogP contribution in [0.3, 0.4) is 0 Å². The first-order valence-corrected chi connectivity index (χ1v) is 7.41. The lowest BCUT2D eigenvalue weighted by Gasteiger charge is -2.20. The second-order valence-electron chi connectivity index (χ2n) is 4.78. The summed E-state index contributed by atoms with van der Waals surface area (Å²) in [6.45, 7) is 4.61. The summed E-state index contributed by atoms with van der Waals surface area (Å²) in [5, 5.41) is 20.1. The van der Waals surface area contributed by atoms with Crippen molar-refractivity contribution in [1.82, 2.24) is 4.31 Å². The molecule has 1 aromatic carbocycles. The molecule has 112 valence electrons. The number of sulfonamides is 1. The van der Waals surface area contributed by atoms with Crippen molar-refractivity contribution in [2.45, 2.75) is 31.8 Å². The molecule has 0 heterocycles. The van der Waals surface area contributed by atoms with Gasteiger partial charge in [0.2, 0.25) is 10.0 Å². The van der Waals surface area contributed by atoms with Crippen LogP contribution in [0.1, 0.15) is 18.1 Å². The second-order valence-corrected chi connectivity index (χ2v) is 6.79. The van der Waals surface area contributed by atoms with Gasteiger partial charge in [0, 0.05) is 25.7 Å². The molecule has 0 aromatic heterocycles. The molecule has 0 spiro atoms. The monoisotopic (exact) mass is 302 g/mol. The fourth-order valence-electron chi connectivity index (χ4n) is 1.82. The predicted molar refractivity (Wildman–Crippen MR) is 74.1 cm³/mol. The van der Waals surface area contributed by atoms with Crippen LogP contribution in [0.15, 0.2) is 17.0 Å². The molecule has 7 nitrogen and oxygen atoms in total. The van der Waals surface area contributed by atoms with E-state index in [0.717, 1.165) is 10.4 Å². The highest BCUT2D eigenvalue weighted by atomic mass is 32.2. The van der Waals surface area contributed by atoms with E-state index >= 15 is 0 Å². The number of non-ortho nitro benzene ring substituents is 1. The van der Waals surface area contributed by atoms with Gasteiger partial charge in [-0.15, -0.1) is 0 Å². The van der Waals surface area contributed by atoms with E-state index in [4.69, 9.17) is 0 Å². The van der Waals surface area contributed by atoms with Crippen LogP contribution in [-0.2, 0) is 10.0 Å². The Kier molecular flexibility index (Phi) is 4.85. The number of aliphatic hydroxyl groups is 1. The summed E-state index contributed by atoms with van der Waals surface area (Å²) in [5.74, 6) is 0. The van der Waals surface area contributed by atoms with Gasteiger partial charge in [0.15, 0.2) is 0 Å². The predicted octanol–water partition coefficient (Wildman–Crippen LogP) is 1.21. The molecular weight excluding hydrogens is 284 g/mol. The number of rotatable bonds is 5. The normalized spacial score (nSPS) is 13.5. The largest absolute Gasteiger partial charge is 0.392 e. The van der Waals surface area contributed by atoms with Crippen LogP contribution < -0.4 is 0 Å². The van der Waals surface area contributed by atoms with Gasteiger partial charge in [0.1, 0.15) is 0 Å². The van der Waals surface area contributed by atoms with Crippen molar-refractivity contribution in [1.29, 1.82) is 0 Å². The lowest BCUT2D eigenvalue weighted by atomic mass is 10.1. The topological polar surface area (TPSA) is 101 Å². The molecule has 1 aromatic rings. The number of aliphatic hydroxyl groups excluding tert-OH is 1. The number of nitro groups is 1. The minimum Gasteiger partial charge on any atom is -0.392 e. The molecule has 0 aliphatic heterocycles. The molecule has 0 saturated heterocycles. The lowest BCUT2D eigenvalue weighted by molar-refractivity contribution is -0.385. The van der Waals surface area contributed by atoms with E-state index in [1.165, 1.54) is 20.0 Å². The summed E-state index contributed by atoms with van der Waals surface area (Å²) < 4.78 is 25.8. The van der Waals surface area contributed by atoms with Gasteiger partial charge in [-0.2, -0.15) is 4.31 Å². The van der Waals surface area contributed by atoms with Crippen LogP contribution in [0.5, 0.6) is 0 Å². The van der Waals surface area contributed by atoms with E-state index in [-0.39, 0.29) is 17.1 Å². The zero-order valence-electron chi connectivity index (χ0n) is 11.8. The van der Waals surface area contributed by atoms with E-state index in [1.54, 1.807) is 13.8 Å². The maximum absolute atomic E-state index is 12.4. The first-order valence-electron chi connectivity index (χ1n) is 5.97. The molecule has 8 heteroatoms. The molecule has 1 unspecified atom stereocenters. The molecule has 0 aliphatic carbocycles. The summed E-state index contributed by atoms with van der Waals surface area (Å²) in [7, 11) is -2.55. The Morgan fingerprint density at radius 3 is 2.40 bits per heavy atom. The van der Waals surface area contributed by atoms with Crippen molar-refractivity contribution in [3.8, 4) is 0 Å². The van der Waals surface area contributed by atoms with E-state index in [2.05, 4.69) is 0 Å². The van der Waals surface area contributed by atoms with Crippen LogP contribution in [-0.4, -0.2) is 42.4 Å². The van der Waals surface area contributed by atoms with Gasteiger partial charge < -0.3 is 5.11 Å². The SMILES string of the molecule is Cc1cc([N+](=O)[O-])cc(S(=O)(=O)N(C)CC(C)O)c1C. The molecule has 0 fully saturated rings. The van der Waals surface area contributed by atoms with Gasteiger partial charge in [0.25, 0.3) is 5.69 Å². The number of hydrogen-bond donors (Lipinski definition) is 1. The average molecular weight is 302 g/mol. The number of likely N-dealkylation sites (N-methyl/N-ethyl adjacent to an activating group) is 1. The Hall–Kier alpha value is -1.51. The maximum atomic E-state index is 12.4. The van der Waals surface area contributed by atoms with Crippen molar-refractivity contribution in [2.24, 2.45) is 0 Å². The van der Waals surface area contributed by atoms with Gasteiger partial charge in [-0.25, -0.2) is 8.42 Å².